The molecule has 0 unspecified atom stereocenters. The van der Waals surface area contributed by atoms with E-state index in [2.05, 4.69) is 153 Å². The van der Waals surface area contributed by atoms with Gasteiger partial charge in [0.25, 0.3) is 0 Å². The Morgan fingerprint density at radius 1 is 0.250 bits per heavy atom. The Labute approximate surface area is 411 Å². The van der Waals surface area contributed by atoms with Crippen molar-refractivity contribution in [3.05, 3.63) is 219 Å². The lowest BCUT2D eigenvalue weighted by molar-refractivity contribution is 1.08. The second-order valence-corrected chi connectivity index (χ2v) is 17.7. The molecule has 14 aromatic rings. The lowest BCUT2D eigenvalue weighted by atomic mass is 9.89. The Balaban J connectivity index is 0.937. The van der Waals surface area contributed by atoms with Gasteiger partial charge in [-0.1, -0.05) is 121 Å². The molecule has 0 spiro atoms. The molecule has 10 nitrogen and oxygen atoms in total. The van der Waals surface area contributed by atoms with Gasteiger partial charge >= 0.3 is 0 Å². The van der Waals surface area contributed by atoms with Gasteiger partial charge in [0.2, 0.25) is 0 Å². The second kappa shape index (κ2) is 16.9. The van der Waals surface area contributed by atoms with E-state index in [0.717, 1.165) is 110 Å². The number of hydrogen-bond donors (Lipinski definition) is 0. The molecule has 6 aromatic heterocycles. The van der Waals surface area contributed by atoms with E-state index >= 15 is 0 Å². The van der Waals surface area contributed by atoms with Gasteiger partial charge in [-0.15, -0.1) is 0 Å². The Hall–Kier alpha value is -10.1. The van der Waals surface area contributed by atoms with E-state index in [0.29, 0.717) is 34.9 Å². The molecule has 8 aromatic carbocycles. The fourth-order valence-corrected chi connectivity index (χ4v) is 9.79. The highest BCUT2D eigenvalue weighted by molar-refractivity contribution is 6.27. The molecule has 0 saturated carbocycles. The van der Waals surface area contributed by atoms with Gasteiger partial charge in [-0.2, -0.15) is 0 Å². The summed E-state index contributed by atoms with van der Waals surface area (Å²) in [5, 5.41) is 10.6. The zero-order chi connectivity index (χ0) is 47.5. The maximum absolute atomic E-state index is 5.26. The van der Waals surface area contributed by atoms with E-state index in [4.69, 9.17) is 29.9 Å². The number of hydrogen-bond acceptors (Lipinski definition) is 10. The summed E-state index contributed by atoms with van der Waals surface area (Å²) in [6.07, 6.45) is 11.0. The van der Waals surface area contributed by atoms with Gasteiger partial charge in [-0.3, -0.25) is 19.9 Å². The average molecular weight is 921 g/mol. The van der Waals surface area contributed by atoms with Crippen molar-refractivity contribution in [2.75, 3.05) is 0 Å². The predicted molar refractivity (Wildman–Crippen MR) is 287 cm³/mol. The lowest BCUT2D eigenvalue weighted by Gasteiger charge is -2.16. The van der Waals surface area contributed by atoms with E-state index in [1.807, 2.05) is 60.9 Å². The fraction of sp³-hybridized carbons (Fsp3) is 0. The minimum Gasteiger partial charge on any atom is -0.264 e. The highest BCUT2D eigenvalue weighted by atomic mass is 15.0. The topological polar surface area (TPSA) is 129 Å². The van der Waals surface area contributed by atoms with Gasteiger partial charge in [-0.25, -0.2) is 29.9 Å². The molecule has 0 atom stereocenters. The third-order valence-electron chi connectivity index (χ3n) is 13.4. The summed E-state index contributed by atoms with van der Waals surface area (Å²) in [4.78, 5) is 49.1. The molecule has 0 aliphatic rings. The van der Waals surface area contributed by atoms with Crippen LogP contribution in [0.2, 0.25) is 0 Å². The predicted octanol–water partition coefficient (Wildman–Crippen LogP) is 14.2. The first-order valence-electron chi connectivity index (χ1n) is 23.6. The van der Waals surface area contributed by atoms with E-state index in [-0.39, 0.29) is 0 Å². The normalized spacial score (nSPS) is 11.6. The minimum atomic E-state index is 0.571. The van der Waals surface area contributed by atoms with Crippen molar-refractivity contribution in [1.29, 1.82) is 0 Å². The molecule has 0 amide bonds. The van der Waals surface area contributed by atoms with Crippen LogP contribution in [0, 0.1) is 0 Å². The molecule has 72 heavy (non-hydrogen) atoms. The number of nitrogens with zero attached hydrogens (tertiary/aromatic N) is 10. The number of rotatable bonds is 8. The minimum absolute atomic E-state index is 0.571. The molecule has 0 aliphatic carbocycles. The summed E-state index contributed by atoms with van der Waals surface area (Å²) in [5.41, 5.74) is 9.10. The van der Waals surface area contributed by atoms with Gasteiger partial charge in [0.1, 0.15) is 0 Å². The van der Waals surface area contributed by atoms with Crippen molar-refractivity contribution < 1.29 is 0 Å². The van der Waals surface area contributed by atoms with E-state index in [9.17, 15) is 0 Å². The third-order valence-corrected chi connectivity index (χ3v) is 13.4. The monoisotopic (exact) mass is 920 g/mol. The van der Waals surface area contributed by atoms with Crippen LogP contribution in [0.15, 0.2) is 219 Å². The van der Waals surface area contributed by atoms with Crippen molar-refractivity contribution in [3.63, 3.8) is 0 Å². The first kappa shape index (κ1) is 41.0. The van der Waals surface area contributed by atoms with Crippen molar-refractivity contribution in [2.24, 2.45) is 0 Å². The van der Waals surface area contributed by atoms with Crippen LogP contribution >= 0.6 is 0 Å². The van der Waals surface area contributed by atoms with Crippen molar-refractivity contribution >= 4 is 53.9 Å². The average Bonchev–Trinajstić information content (AvgIpc) is 3.46. The summed E-state index contributed by atoms with van der Waals surface area (Å²) in [7, 11) is 0. The summed E-state index contributed by atoms with van der Waals surface area (Å²) in [5.74, 6) is 3.44. The van der Waals surface area contributed by atoms with Gasteiger partial charge in [0, 0.05) is 92.5 Å². The van der Waals surface area contributed by atoms with Crippen LogP contribution in [0.5, 0.6) is 0 Å². The Morgan fingerprint density at radius 2 is 0.625 bits per heavy atom. The highest BCUT2D eigenvalue weighted by Crippen LogP contribution is 2.42. The zero-order valence-electron chi connectivity index (χ0n) is 38.3. The largest absolute Gasteiger partial charge is 0.264 e. The summed E-state index contributed by atoms with van der Waals surface area (Å²) in [6, 6.07) is 62.1. The van der Waals surface area contributed by atoms with Gasteiger partial charge < -0.3 is 0 Å². The van der Waals surface area contributed by atoms with Gasteiger partial charge in [-0.05, 0) is 104 Å². The van der Waals surface area contributed by atoms with Crippen LogP contribution < -0.4 is 0 Å². The SMILES string of the molecule is c1ccc(-c2ccc(-c3nc(-c4ccc5cnccc5c4)nc(-c4ccc5ccc6c(-c7nc(-c8ccc(-c9ccccn9)cc8)nc(-c8ccc9cnccc9c8)n7)ccc7ccc4c5c76)n3)cc2)nc1. The molecule has 0 fully saturated rings. The van der Waals surface area contributed by atoms with Gasteiger partial charge in [0.15, 0.2) is 34.9 Å². The number of pyridine rings is 4. The summed E-state index contributed by atoms with van der Waals surface area (Å²) < 4.78 is 0. The second-order valence-electron chi connectivity index (χ2n) is 17.7. The molecule has 0 aliphatic heterocycles. The summed E-state index contributed by atoms with van der Waals surface area (Å²) >= 11 is 0. The van der Waals surface area contributed by atoms with Crippen LogP contribution in [0.4, 0.5) is 0 Å². The fourth-order valence-electron chi connectivity index (χ4n) is 9.79. The Bertz CT molecular complexity index is 4090. The smallest absolute Gasteiger partial charge is 0.164 e. The molecule has 10 heteroatoms. The van der Waals surface area contributed by atoms with Crippen molar-refractivity contribution in [2.45, 2.75) is 0 Å². The van der Waals surface area contributed by atoms with Crippen LogP contribution in [0.3, 0.4) is 0 Å². The van der Waals surface area contributed by atoms with Crippen LogP contribution in [0.1, 0.15) is 0 Å². The molecular formula is C62H36N10. The van der Waals surface area contributed by atoms with Crippen LogP contribution in [-0.4, -0.2) is 49.8 Å². The van der Waals surface area contributed by atoms with Crippen molar-refractivity contribution in [3.8, 4) is 90.8 Å². The third kappa shape index (κ3) is 7.21. The van der Waals surface area contributed by atoms with Crippen molar-refractivity contribution in [1.82, 2.24) is 49.8 Å². The number of aromatic nitrogens is 10. The van der Waals surface area contributed by atoms with E-state index in [1.165, 1.54) is 0 Å². The maximum Gasteiger partial charge on any atom is 0.164 e. The highest BCUT2D eigenvalue weighted by Gasteiger charge is 2.21. The van der Waals surface area contributed by atoms with Gasteiger partial charge in [0.05, 0.1) is 11.4 Å². The molecule has 0 radical (unpaired) electrons. The van der Waals surface area contributed by atoms with Crippen LogP contribution in [-0.2, 0) is 0 Å². The Morgan fingerprint density at radius 3 is 1.06 bits per heavy atom. The molecule has 0 N–H and O–H groups in total. The molecule has 0 saturated heterocycles. The lowest BCUT2D eigenvalue weighted by Crippen LogP contribution is -2.01. The van der Waals surface area contributed by atoms with E-state index < -0.39 is 0 Å². The molecular weight excluding hydrogens is 885 g/mol. The standard InChI is InChI=1S/C62H36N10/c1-3-29-65-53(5-1)37-7-11-41(12-8-37)57-67-59(45-15-17-47-35-63-31-27-43(47)33-45)71-61(69-57)51-25-21-39-20-24-50-52(26-22-40-19-23-49(51)55(39)56(40)50)62-70-58(42-13-9-38(10-14-42)54-6-2-4-30-66-54)68-60(72-62)46-16-18-48-36-64-32-28-44(48)34-46/h1-36H. The number of fused-ring (bicyclic) bond motifs is 2. The first-order valence-corrected chi connectivity index (χ1v) is 23.6. The quantitative estimate of drug-likeness (QED) is 0.136. The molecule has 0 bridgehead atoms. The summed E-state index contributed by atoms with van der Waals surface area (Å²) in [6.45, 7) is 0. The molecule has 14 rings (SSSR count). The first-order chi connectivity index (χ1) is 35.6. The zero-order valence-corrected chi connectivity index (χ0v) is 38.3. The van der Waals surface area contributed by atoms with E-state index in [1.54, 1.807) is 24.8 Å². The molecule has 334 valence electrons. The Kier molecular flexibility index (Phi) is 9.59. The molecule has 6 heterocycles. The van der Waals surface area contributed by atoms with Crippen LogP contribution in [0.25, 0.3) is 145 Å². The maximum atomic E-state index is 5.26. The number of benzene rings is 8.